The number of carbonyl (C=O) groups is 2. The number of ether oxygens (including phenoxy) is 2. The molecule has 0 radical (unpaired) electrons. The Bertz CT molecular complexity index is 1570. The second kappa shape index (κ2) is 10.4. The molecule has 214 valence electrons. The van der Waals surface area contributed by atoms with E-state index < -0.39 is 46.5 Å². The summed E-state index contributed by atoms with van der Waals surface area (Å²) in [5.74, 6) is -5.00. The number of aromatic nitrogens is 1. The normalized spacial score (nSPS) is 23.0. The number of halogens is 3. The molecule has 1 spiro atoms. The van der Waals surface area contributed by atoms with Gasteiger partial charge in [-0.15, -0.1) is 0 Å². The topological polar surface area (TPSA) is 89.9 Å². The zero-order chi connectivity index (χ0) is 28.9. The van der Waals surface area contributed by atoms with E-state index in [2.05, 4.69) is 5.32 Å². The van der Waals surface area contributed by atoms with Gasteiger partial charge in [-0.3, -0.25) is 14.4 Å². The molecular formula is C30H28F3N3O5. The molecule has 1 N–H and O–H groups in total. The predicted octanol–water partition coefficient (Wildman–Crippen LogP) is 4.11. The van der Waals surface area contributed by atoms with E-state index >= 15 is 0 Å². The van der Waals surface area contributed by atoms with Gasteiger partial charge in [-0.05, 0) is 25.3 Å². The summed E-state index contributed by atoms with van der Waals surface area (Å²) in [5, 5.41) is 2.36. The van der Waals surface area contributed by atoms with E-state index in [-0.39, 0.29) is 41.6 Å². The maximum Gasteiger partial charge on any atom is 0.274 e. The van der Waals surface area contributed by atoms with Crippen LogP contribution in [0.3, 0.4) is 0 Å². The summed E-state index contributed by atoms with van der Waals surface area (Å²) in [6, 6.07) is 9.60. The molecule has 3 aliphatic heterocycles. The van der Waals surface area contributed by atoms with Crippen LogP contribution < -0.4 is 15.5 Å². The highest BCUT2D eigenvalue weighted by Gasteiger charge is 2.53. The van der Waals surface area contributed by atoms with Crippen molar-refractivity contribution in [3.8, 4) is 5.75 Å². The molecule has 0 saturated carbocycles. The van der Waals surface area contributed by atoms with Gasteiger partial charge in [-0.2, -0.15) is 0 Å². The van der Waals surface area contributed by atoms with Gasteiger partial charge in [0.1, 0.15) is 29.6 Å². The van der Waals surface area contributed by atoms with Gasteiger partial charge < -0.3 is 24.3 Å². The summed E-state index contributed by atoms with van der Waals surface area (Å²) >= 11 is 0. The predicted molar refractivity (Wildman–Crippen MR) is 141 cm³/mol. The van der Waals surface area contributed by atoms with Gasteiger partial charge in [0, 0.05) is 49.4 Å². The molecule has 4 heterocycles. The van der Waals surface area contributed by atoms with Gasteiger partial charge in [-0.25, -0.2) is 13.2 Å². The van der Waals surface area contributed by atoms with Crippen LogP contribution in [0.5, 0.6) is 5.75 Å². The summed E-state index contributed by atoms with van der Waals surface area (Å²) in [7, 11) is 0. The van der Waals surface area contributed by atoms with E-state index in [0.717, 1.165) is 12.0 Å². The SMILES string of the molecule is C[C@H]1CC[C@@]2(CCO2)C2CN1C(=O)c1c(OCc3ccccc3)c(=O)c(C(=O)NCc3c(F)cc(F)cc3F)cn12. The summed E-state index contributed by atoms with van der Waals surface area (Å²) < 4.78 is 55.5. The number of benzene rings is 2. The Morgan fingerprint density at radius 2 is 1.83 bits per heavy atom. The number of hydrogen-bond acceptors (Lipinski definition) is 5. The molecule has 2 amide bonds. The molecule has 8 nitrogen and oxygen atoms in total. The summed E-state index contributed by atoms with van der Waals surface area (Å²) in [4.78, 5) is 42.7. The molecule has 11 heteroatoms. The van der Waals surface area contributed by atoms with Crippen LogP contribution in [0.15, 0.2) is 53.5 Å². The van der Waals surface area contributed by atoms with E-state index in [1.165, 1.54) is 6.20 Å². The third-order valence-corrected chi connectivity index (χ3v) is 8.40. The maximum absolute atomic E-state index is 14.2. The van der Waals surface area contributed by atoms with Crippen molar-refractivity contribution >= 4 is 11.8 Å². The molecule has 41 heavy (non-hydrogen) atoms. The molecule has 2 saturated heterocycles. The van der Waals surface area contributed by atoms with Crippen LogP contribution in [0, 0.1) is 17.5 Å². The van der Waals surface area contributed by atoms with Gasteiger partial charge >= 0.3 is 0 Å². The second-order valence-corrected chi connectivity index (χ2v) is 10.8. The van der Waals surface area contributed by atoms with Crippen LogP contribution in [-0.2, 0) is 17.9 Å². The van der Waals surface area contributed by atoms with Gasteiger partial charge in [0.05, 0.1) is 18.2 Å². The lowest BCUT2D eigenvalue weighted by Gasteiger charge is -2.50. The van der Waals surface area contributed by atoms with E-state index in [0.29, 0.717) is 38.1 Å². The molecule has 1 aromatic heterocycles. The summed E-state index contributed by atoms with van der Waals surface area (Å²) in [6.07, 6.45) is 3.48. The van der Waals surface area contributed by atoms with Crippen LogP contribution in [0.4, 0.5) is 13.2 Å². The number of nitrogens with one attached hydrogen (secondary N) is 1. The number of amides is 2. The minimum absolute atomic E-state index is 0.0324. The third kappa shape index (κ3) is 4.67. The minimum atomic E-state index is -1.17. The second-order valence-electron chi connectivity index (χ2n) is 10.8. The number of fused-ring (bicyclic) bond motifs is 5. The highest BCUT2D eigenvalue weighted by atomic mass is 19.1. The van der Waals surface area contributed by atoms with Crippen LogP contribution in [0.25, 0.3) is 0 Å². The first-order valence-corrected chi connectivity index (χ1v) is 13.5. The van der Waals surface area contributed by atoms with Crippen molar-refractivity contribution in [1.29, 1.82) is 0 Å². The number of carbonyl (C=O) groups excluding carboxylic acids is 2. The van der Waals surface area contributed by atoms with E-state index in [1.54, 1.807) is 21.6 Å². The van der Waals surface area contributed by atoms with Gasteiger partial charge in [-0.1, -0.05) is 30.3 Å². The molecule has 3 atom stereocenters. The molecule has 2 aromatic carbocycles. The zero-order valence-corrected chi connectivity index (χ0v) is 22.3. The highest BCUT2D eigenvalue weighted by molar-refractivity contribution is 5.99. The molecule has 0 aliphatic carbocycles. The van der Waals surface area contributed by atoms with Gasteiger partial charge in [0.25, 0.3) is 11.8 Å². The van der Waals surface area contributed by atoms with Crippen LogP contribution >= 0.6 is 0 Å². The first-order chi connectivity index (χ1) is 19.7. The average molecular weight is 568 g/mol. The standard InChI is InChI=1S/C30H28F3N3O5/c1-17-7-8-30(9-10-41-30)24-15-35(17)29(39)25-27(40-16-18-5-3-2-4-6-18)26(37)21(14-36(24)25)28(38)34-13-20-22(32)11-19(31)12-23(20)33/h2-6,11-12,14,17,24H,7-10,13,15-16H2,1H3,(H,34,38)/t17-,24?,30+/m0/s1. The Balaban J connectivity index is 1.43. The fourth-order valence-electron chi connectivity index (χ4n) is 5.99. The lowest BCUT2D eigenvalue weighted by Crippen LogP contribution is -2.57. The third-order valence-electron chi connectivity index (χ3n) is 8.40. The van der Waals surface area contributed by atoms with Gasteiger partial charge in [0.2, 0.25) is 5.43 Å². The minimum Gasteiger partial charge on any atom is -0.483 e. The largest absolute Gasteiger partial charge is 0.483 e. The van der Waals surface area contributed by atoms with Crippen molar-refractivity contribution in [3.05, 3.63) is 98.7 Å². The quantitative estimate of drug-likeness (QED) is 0.484. The fraction of sp³-hybridized carbons (Fsp3) is 0.367. The average Bonchev–Trinajstić information content (AvgIpc) is 3.06. The summed E-state index contributed by atoms with van der Waals surface area (Å²) in [5.41, 5.74) is -1.52. The van der Waals surface area contributed by atoms with Gasteiger partial charge in [0.15, 0.2) is 11.4 Å². The number of rotatable bonds is 6. The Labute approximate surface area is 233 Å². The lowest BCUT2D eigenvalue weighted by atomic mass is 9.81. The Morgan fingerprint density at radius 3 is 2.49 bits per heavy atom. The first kappa shape index (κ1) is 27.1. The molecular weight excluding hydrogens is 539 g/mol. The number of hydrogen-bond donors (Lipinski definition) is 1. The smallest absolute Gasteiger partial charge is 0.274 e. The first-order valence-electron chi connectivity index (χ1n) is 13.5. The van der Waals surface area contributed by atoms with E-state index in [4.69, 9.17) is 9.47 Å². The van der Waals surface area contributed by atoms with Crippen molar-refractivity contribution in [2.45, 2.75) is 57.0 Å². The molecule has 3 aromatic rings. The molecule has 1 unspecified atom stereocenters. The Kier molecular flexibility index (Phi) is 6.85. The molecule has 3 aliphatic rings. The molecule has 6 rings (SSSR count). The van der Waals surface area contributed by atoms with Crippen LogP contribution in [0.1, 0.15) is 64.2 Å². The number of nitrogens with zero attached hydrogens (tertiary/aromatic N) is 2. The fourth-order valence-corrected chi connectivity index (χ4v) is 5.99. The lowest BCUT2D eigenvalue weighted by molar-refractivity contribution is -0.179. The van der Waals surface area contributed by atoms with E-state index in [1.807, 2.05) is 25.1 Å². The zero-order valence-electron chi connectivity index (χ0n) is 22.3. The maximum atomic E-state index is 14.2. The Hall–Kier alpha value is -4.12. The monoisotopic (exact) mass is 567 g/mol. The summed E-state index contributed by atoms with van der Waals surface area (Å²) in [6.45, 7) is 2.20. The van der Waals surface area contributed by atoms with E-state index in [9.17, 15) is 27.6 Å². The molecule has 2 bridgehead atoms. The van der Waals surface area contributed by atoms with Crippen molar-refractivity contribution in [2.24, 2.45) is 0 Å². The van der Waals surface area contributed by atoms with Crippen LogP contribution in [0.2, 0.25) is 0 Å². The number of pyridine rings is 1. The highest BCUT2D eigenvalue weighted by Crippen LogP contribution is 2.47. The molecule has 2 fully saturated rings. The van der Waals surface area contributed by atoms with Crippen molar-refractivity contribution in [3.63, 3.8) is 0 Å². The van der Waals surface area contributed by atoms with Crippen molar-refractivity contribution < 1.29 is 32.2 Å². The Morgan fingerprint density at radius 1 is 1.12 bits per heavy atom. The van der Waals surface area contributed by atoms with Crippen molar-refractivity contribution in [1.82, 2.24) is 14.8 Å². The van der Waals surface area contributed by atoms with Crippen molar-refractivity contribution in [2.75, 3.05) is 13.2 Å². The van der Waals surface area contributed by atoms with Crippen LogP contribution in [-0.4, -0.2) is 46.1 Å².